The molecular weight excluding hydrogens is 302 g/mol. The van der Waals surface area contributed by atoms with Gasteiger partial charge in [-0.2, -0.15) is 0 Å². The molecule has 3 aromatic rings. The number of pyridine rings is 1. The second kappa shape index (κ2) is 7.51. The van der Waals surface area contributed by atoms with Crippen molar-refractivity contribution in [2.75, 3.05) is 13.7 Å². The van der Waals surface area contributed by atoms with Gasteiger partial charge in [-0.1, -0.05) is 18.2 Å². The van der Waals surface area contributed by atoms with Gasteiger partial charge in [0.1, 0.15) is 12.2 Å². The van der Waals surface area contributed by atoms with Crippen LogP contribution in [-0.4, -0.2) is 33.5 Å². The molecule has 126 valence electrons. The predicted molar refractivity (Wildman–Crippen MR) is 93.6 cm³/mol. The first-order valence-electron chi connectivity index (χ1n) is 8.14. The minimum Gasteiger partial charge on any atom is -0.383 e. The highest BCUT2D eigenvalue weighted by Gasteiger charge is 2.13. The van der Waals surface area contributed by atoms with Gasteiger partial charge in [0, 0.05) is 31.8 Å². The van der Waals surface area contributed by atoms with Crippen LogP contribution in [0.3, 0.4) is 0 Å². The van der Waals surface area contributed by atoms with Crippen molar-refractivity contribution < 1.29 is 4.74 Å². The molecule has 1 atom stereocenters. The summed E-state index contributed by atoms with van der Waals surface area (Å²) in [4.78, 5) is 4.50. The second-order valence-electron chi connectivity index (χ2n) is 5.92. The highest BCUT2D eigenvalue weighted by atomic mass is 16.5. The molecule has 3 rings (SSSR count). The zero-order chi connectivity index (χ0) is 16.9. The average molecular weight is 325 g/mol. The van der Waals surface area contributed by atoms with Crippen LogP contribution in [0.25, 0.3) is 10.9 Å². The van der Waals surface area contributed by atoms with E-state index >= 15 is 0 Å². The Kier molecular flexibility index (Phi) is 5.17. The second-order valence-corrected chi connectivity index (χ2v) is 5.92. The molecule has 0 bridgehead atoms. The molecule has 0 aliphatic rings. The topological polar surface area (TPSA) is 64.9 Å². The Morgan fingerprint density at radius 3 is 3.00 bits per heavy atom. The summed E-state index contributed by atoms with van der Waals surface area (Å²) in [5, 5.41) is 13.0. The molecule has 0 saturated heterocycles. The number of fused-ring (bicyclic) bond motifs is 1. The number of methoxy groups -OCH3 is 1. The summed E-state index contributed by atoms with van der Waals surface area (Å²) in [6.45, 7) is 6.34. The standard InChI is InChI=1S/C18H23N5O/c1-13-6-7-15(16-5-4-8-19-17(13)16)11-20-14(2)18-22-21-12-23(18)9-10-24-3/h4-8,12,14,20H,9-11H2,1-3H3. The number of aromatic nitrogens is 4. The zero-order valence-corrected chi connectivity index (χ0v) is 14.4. The molecule has 0 radical (unpaired) electrons. The van der Waals surface area contributed by atoms with Gasteiger partial charge in [0.05, 0.1) is 18.2 Å². The van der Waals surface area contributed by atoms with E-state index in [-0.39, 0.29) is 6.04 Å². The lowest BCUT2D eigenvalue weighted by Gasteiger charge is -2.16. The van der Waals surface area contributed by atoms with E-state index in [4.69, 9.17) is 4.74 Å². The van der Waals surface area contributed by atoms with Crippen LogP contribution in [0.1, 0.15) is 29.9 Å². The number of nitrogens with one attached hydrogen (secondary N) is 1. The highest BCUT2D eigenvalue weighted by molar-refractivity contribution is 5.84. The monoisotopic (exact) mass is 325 g/mol. The van der Waals surface area contributed by atoms with Crippen molar-refractivity contribution in [2.24, 2.45) is 0 Å². The molecular formula is C18H23N5O. The van der Waals surface area contributed by atoms with Crippen LogP contribution >= 0.6 is 0 Å². The third-order valence-corrected chi connectivity index (χ3v) is 4.23. The number of rotatable bonds is 7. The average Bonchev–Trinajstić information content (AvgIpc) is 3.08. The molecule has 6 heteroatoms. The van der Waals surface area contributed by atoms with Crippen LogP contribution < -0.4 is 5.32 Å². The molecule has 0 fully saturated rings. The van der Waals surface area contributed by atoms with Crippen molar-refractivity contribution in [1.29, 1.82) is 0 Å². The van der Waals surface area contributed by atoms with E-state index in [1.165, 1.54) is 16.5 Å². The first-order chi connectivity index (χ1) is 11.7. The van der Waals surface area contributed by atoms with E-state index in [1.807, 2.05) is 16.8 Å². The van der Waals surface area contributed by atoms with Gasteiger partial charge in [-0.25, -0.2) is 0 Å². The third kappa shape index (κ3) is 3.44. The Labute approximate surface area is 141 Å². The smallest absolute Gasteiger partial charge is 0.149 e. The van der Waals surface area contributed by atoms with Crippen LogP contribution in [0.4, 0.5) is 0 Å². The van der Waals surface area contributed by atoms with Crippen molar-refractivity contribution in [3.05, 3.63) is 53.7 Å². The fraction of sp³-hybridized carbons (Fsp3) is 0.389. The van der Waals surface area contributed by atoms with Crippen LogP contribution in [0.15, 0.2) is 36.8 Å². The number of nitrogens with zero attached hydrogens (tertiary/aromatic N) is 4. The lowest BCUT2D eigenvalue weighted by atomic mass is 10.0. The maximum Gasteiger partial charge on any atom is 0.149 e. The molecule has 0 aliphatic heterocycles. The zero-order valence-electron chi connectivity index (χ0n) is 14.4. The number of aryl methyl sites for hydroxylation is 1. The van der Waals surface area contributed by atoms with Crippen molar-refractivity contribution >= 4 is 10.9 Å². The van der Waals surface area contributed by atoms with Gasteiger partial charge in [0.25, 0.3) is 0 Å². The van der Waals surface area contributed by atoms with Gasteiger partial charge in [0.2, 0.25) is 0 Å². The third-order valence-electron chi connectivity index (χ3n) is 4.23. The quantitative estimate of drug-likeness (QED) is 0.723. The van der Waals surface area contributed by atoms with E-state index < -0.39 is 0 Å². The maximum absolute atomic E-state index is 5.13. The Hall–Kier alpha value is -2.31. The molecule has 0 spiro atoms. The lowest BCUT2D eigenvalue weighted by molar-refractivity contribution is 0.185. The van der Waals surface area contributed by atoms with Crippen LogP contribution in [0.5, 0.6) is 0 Å². The van der Waals surface area contributed by atoms with Crippen molar-refractivity contribution in [2.45, 2.75) is 33.0 Å². The van der Waals surface area contributed by atoms with E-state index in [0.717, 1.165) is 24.4 Å². The molecule has 2 aromatic heterocycles. The molecule has 0 amide bonds. The first-order valence-corrected chi connectivity index (χ1v) is 8.14. The summed E-state index contributed by atoms with van der Waals surface area (Å²) >= 11 is 0. The van der Waals surface area contributed by atoms with Gasteiger partial charge in [0.15, 0.2) is 0 Å². The molecule has 24 heavy (non-hydrogen) atoms. The summed E-state index contributed by atoms with van der Waals surface area (Å²) in [6, 6.07) is 8.48. The summed E-state index contributed by atoms with van der Waals surface area (Å²) < 4.78 is 7.16. The number of hydrogen-bond donors (Lipinski definition) is 1. The molecule has 2 heterocycles. The molecule has 1 N–H and O–H groups in total. The summed E-state index contributed by atoms with van der Waals surface area (Å²) in [6.07, 6.45) is 3.59. The van der Waals surface area contributed by atoms with Gasteiger partial charge >= 0.3 is 0 Å². The molecule has 1 unspecified atom stereocenters. The molecule has 0 aliphatic carbocycles. The Morgan fingerprint density at radius 2 is 2.17 bits per heavy atom. The van der Waals surface area contributed by atoms with E-state index in [2.05, 4.69) is 52.5 Å². The predicted octanol–water partition coefficient (Wildman–Crippen LogP) is 2.63. The van der Waals surface area contributed by atoms with Gasteiger partial charge in [-0.05, 0) is 31.0 Å². The number of hydrogen-bond acceptors (Lipinski definition) is 5. The Bertz CT molecular complexity index is 814. The lowest BCUT2D eigenvalue weighted by Crippen LogP contribution is -2.22. The van der Waals surface area contributed by atoms with Crippen molar-refractivity contribution in [3.8, 4) is 0 Å². The van der Waals surface area contributed by atoms with Gasteiger partial charge < -0.3 is 14.6 Å². The number of ether oxygens (including phenoxy) is 1. The van der Waals surface area contributed by atoms with Crippen molar-refractivity contribution in [1.82, 2.24) is 25.1 Å². The minimum absolute atomic E-state index is 0.0948. The van der Waals surface area contributed by atoms with Gasteiger partial charge in [-0.3, -0.25) is 4.98 Å². The van der Waals surface area contributed by atoms with Gasteiger partial charge in [-0.15, -0.1) is 10.2 Å². The minimum atomic E-state index is 0.0948. The molecule has 0 saturated carbocycles. The van der Waals surface area contributed by atoms with E-state index in [9.17, 15) is 0 Å². The summed E-state index contributed by atoms with van der Waals surface area (Å²) in [7, 11) is 1.70. The van der Waals surface area contributed by atoms with Crippen LogP contribution in [-0.2, 0) is 17.8 Å². The van der Waals surface area contributed by atoms with Crippen molar-refractivity contribution in [3.63, 3.8) is 0 Å². The van der Waals surface area contributed by atoms with Crippen LogP contribution in [0.2, 0.25) is 0 Å². The SMILES string of the molecule is COCCn1cnnc1C(C)NCc1ccc(C)c2ncccc12. The van der Waals surface area contributed by atoms with E-state index in [0.29, 0.717) is 6.61 Å². The maximum atomic E-state index is 5.13. The Balaban J connectivity index is 1.74. The largest absolute Gasteiger partial charge is 0.383 e. The van der Waals surface area contributed by atoms with Crippen LogP contribution in [0, 0.1) is 6.92 Å². The first kappa shape index (κ1) is 16.5. The fourth-order valence-corrected chi connectivity index (χ4v) is 2.84. The molecule has 6 nitrogen and oxygen atoms in total. The fourth-order valence-electron chi connectivity index (χ4n) is 2.84. The summed E-state index contributed by atoms with van der Waals surface area (Å²) in [5.41, 5.74) is 3.49. The highest BCUT2D eigenvalue weighted by Crippen LogP contribution is 2.21. The van der Waals surface area contributed by atoms with E-state index in [1.54, 1.807) is 13.4 Å². The normalized spacial score (nSPS) is 12.6. The Morgan fingerprint density at radius 1 is 1.29 bits per heavy atom. The molecule has 1 aromatic carbocycles. The summed E-state index contributed by atoms with van der Waals surface area (Å²) in [5.74, 6) is 0.918. The number of benzene rings is 1.